The average Bonchev–Trinajstić information content (AvgIpc) is 3.84. The first-order valence-electron chi connectivity index (χ1n) is 12.9. The molecule has 0 spiro atoms. The van der Waals surface area contributed by atoms with Crippen LogP contribution in [0.4, 0.5) is 17.6 Å². The van der Waals surface area contributed by atoms with Gasteiger partial charge in [-0.15, -0.1) is 0 Å². The molecule has 10 heteroatoms. The van der Waals surface area contributed by atoms with Crippen LogP contribution in [0.15, 0.2) is 71.8 Å². The number of aromatic nitrogens is 1. The molecule has 0 aliphatic heterocycles. The summed E-state index contributed by atoms with van der Waals surface area (Å²) in [5.74, 6) is -0.941. The van der Waals surface area contributed by atoms with Gasteiger partial charge in [-0.25, -0.2) is 12.8 Å². The summed E-state index contributed by atoms with van der Waals surface area (Å²) >= 11 is 0. The number of pyridine rings is 1. The van der Waals surface area contributed by atoms with Gasteiger partial charge >= 0.3 is 6.18 Å². The maximum Gasteiger partial charge on any atom is 0.433 e. The molecule has 0 N–H and O–H groups in total. The van der Waals surface area contributed by atoms with Gasteiger partial charge in [0.25, 0.3) is 0 Å². The van der Waals surface area contributed by atoms with Crippen LogP contribution in [-0.4, -0.2) is 30.0 Å². The topological polar surface area (TPSA) is 67.3 Å². The lowest BCUT2D eigenvalue weighted by molar-refractivity contribution is -0.141. The van der Waals surface area contributed by atoms with E-state index in [0.29, 0.717) is 17.5 Å². The van der Waals surface area contributed by atoms with E-state index in [0.717, 1.165) is 30.7 Å². The lowest BCUT2D eigenvalue weighted by atomic mass is 9.98. The fourth-order valence-corrected chi connectivity index (χ4v) is 6.07. The molecule has 39 heavy (non-hydrogen) atoms. The molecule has 2 aliphatic carbocycles. The Kier molecular flexibility index (Phi) is 7.26. The molecule has 1 aromatic heterocycles. The molecule has 0 unspecified atom stereocenters. The Morgan fingerprint density at radius 2 is 1.79 bits per heavy atom. The van der Waals surface area contributed by atoms with Crippen LogP contribution in [0.3, 0.4) is 0 Å². The van der Waals surface area contributed by atoms with Crippen LogP contribution < -0.4 is 0 Å². The van der Waals surface area contributed by atoms with Crippen molar-refractivity contribution < 1.29 is 30.8 Å². The second kappa shape index (κ2) is 10.4. The average molecular weight is 561 g/mol. The van der Waals surface area contributed by atoms with E-state index in [-0.39, 0.29) is 46.7 Å². The van der Waals surface area contributed by atoms with Gasteiger partial charge in [0.2, 0.25) is 5.91 Å². The number of carbonyl (C=O) groups excluding carboxylic acids is 1. The molecule has 0 bridgehead atoms. The van der Waals surface area contributed by atoms with Crippen molar-refractivity contribution in [3.63, 3.8) is 0 Å². The van der Waals surface area contributed by atoms with E-state index in [9.17, 15) is 30.8 Å². The molecule has 1 amide bonds. The van der Waals surface area contributed by atoms with Crippen molar-refractivity contribution in [2.24, 2.45) is 11.8 Å². The van der Waals surface area contributed by atoms with Crippen molar-refractivity contribution in [1.82, 2.24) is 9.88 Å². The van der Waals surface area contributed by atoms with Crippen LogP contribution in [0, 0.1) is 17.7 Å². The van der Waals surface area contributed by atoms with E-state index >= 15 is 0 Å². The predicted molar refractivity (Wildman–Crippen MR) is 137 cm³/mol. The van der Waals surface area contributed by atoms with Crippen molar-refractivity contribution in [2.75, 3.05) is 5.75 Å². The third-order valence-corrected chi connectivity index (χ3v) is 9.23. The van der Waals surface area contributed by atoms with Gasteiger partial charge in [-0.05, 0) is 78.1 Å². The number of sulfone groups is 1. The molecule has 2 aliphatic rings. The quantitative estimate of drug-likeness (QED) is 0.288. The summed E-state index contributed by atoms with van der Waals surface area (Å²) in [5, 5.41) is 0. The molecule has 1 heterocycles. The molecule has 2 fully saturated rings. The monoisotopic (exact) mass is 560 g/mol. The second-order valence-electron chi connectivity index (χ2n) is 10.3. The first-order valence-corrected chi connectivity index (χ1v) is 14.5. The van der Waals surface area contributed by atoms with Crippen LogP contribution in [0.2, 0.25) is 0 Å². The van der Waals surface area contributed by atoms with Crippen LogP contribution in [-0.2, 0) is 27.4 Å². The molecule has 3 aromatic rings. The molecule has 3 atom stereocenters. The van der Waals surface area contributed by atoms with Crippen molar-refractivity contribution in [1.29, 1.82) is 0 Å². The number of benzene rings is 2. The fourth-order valence-electron chi connectivity index (χ4n) is 5.13. The largest absolute Gasteiger partial charge is 0.433 e. The van der Waals surface area contributed by atoms with Gasteiger partial charge in [-0.1, -0.05) is 37.3 Å². The highest BCUT2D eigenvalue weighted by molar-refractivity contribution is 7.91. The lowest BCUT2D eigenvalue weighted by Gasteiger charge is -2.33. The highest BCUT2D eigenvalue weighted by atomic mass is 32.2. The number of halogens is 4. The maximum absolute atomic E-state index is 14.0. The van der Waals surface area contributed by atoms with Gasteiger partial charge in [-0.3, -0.25) is 9.78 Å². The smallest absolute Gasteiger partial charge is 0.331 e. The van der Waals surface area contributed by atoms with Crippen molar-refractivity contribution >= 4 is 15.7 Å². The first kappa shape index (κ1) is 27.3. The zero-order valence-corrected chi connectivity index (χ0v) is 22.1. The summed E-state index contributed by atoms with van der Waals surface area (Å²) in [6.07, 6.45) is -1.18. The van der Waals surface area contributed by atoms with E-state index in [4.69, 9.17) is 0 Å². The summed E-state index contributed by atoms with van der Waals surface area (Å²) in [6, 6.07) is 14.4. The van der Waals surface area contributed by atoms with Gasteiger partial charge in [0.1, 0.15) is 11.5 Å². The number of amides is 1. The third kappa shape index (κ3) is 6.00. The number of hydrogen-bond acceptors (Lipinski definition) is 4. The maximum atomic E-state index is 14.0. The first-order chi connectivity index (χ1) is 18.5. The third-order valence-electron chi connectivity index (χ3n) is 7.50. The van der Waals surface area contributed by atoms with Gasteiger partial charge in [0, 0.05) is 18.7 Å². The van der Waals surface area contributed by atoms with Gasteiger partial charge < -0.3 is 4.90 Å². The Morgan fingerprint density at radius 1 is 1.08 bits per heavy atom. The second-order valence-corrected chi connectivity index (χ2v) is 12.6. The zero-order valence-electron chi connectivity index (χ0n) is 21.2. The molecule has 5 rings (SSSR count). The predicted octanol–water partition coefficient (Wildman–Crippen LogP) is 6.32. The van der Waals surface area contributed by atoms with E-state index in [1.807, 2.05) is 0 Å². The molecule has 206 valence electrons. The Balaban J connectivity index is 1.50. The summed E-state index contributed by atoms with van der Waals surface area (Å²) in [4.78, 5) is 19.4. The van der Waals surface area contributed by atoms with Crippen molar-refractivity contribution in [3.8, 4) is 0 Å². The summed E-state index contributed by atoms with van der Waals surface area (Å²) in [5.41, 5.74) is 0.960. The molecule has 2 saturated carbocycles. The van der Waals surface area contributed by atoms with Crippen LogP contribution in [0.5, 0.6) is 0 Å². The number of nitrogens with zero attached hydrogens (tertiary/aromatic N) is 2. The van der Waals surface area contributed by atoms with Crippen LogP contribution >= 0.6 is 0 Å². The molecule has 0 saturated heterocycles. The molecule has 0 radical (unpaired) electrons. The SMILES string of the molecule is CCS(=O)(=O)c1cccc([C@H](C2CC2)N(Cc2ccc(C(F)(F)F)nc2)C(=O)[C@@H]2C[C@H]2c2ccc(F)cc2)c1. The fraction of sp³-hybridized carbons (Fsp3) is 0.379. The van der Waals surface area contributed by atoms with Gasteiger partial charge in [-0.2, -0.15) is 13.2 Å². The lowest BCUT2D eigenvalue weighted by Crippen LogP contribution is -2.37. The number of rotatable bonds is 9. The summed E-state index contributed by atoms with van der Waals surface area (Å²) in [7, 11) is -3.49. The van der Waals surface area contributed by atoms with E-state index in [1.165, 1.54) is 24.3 Å². The number of alkyl halides is 3. The van der Waals surface area contributed by atoms with Crippen LogP contribution in [0.1, 0.15) is 60.5 Å². The summed E-state index contributed by atoms with van der Waals surface area (Å²) < 4.78 is 77.9. The van der Waals surface area contributed by atoms with Crippen molar-refractivity contribution in [2.45, 2.75) is 55.8 Å². The van der Waals surface area contributed by atoms with Crippen LogP contribution in [0.25, 0.3) is 0 Å². The standard InChI is InChI=1S/C29H28F4N2O3S/c1-2-39(37,38)23-5-3-4-21(14-23)27(20-7-8-20)35(17-18-6-13-26(34-16-18)29(31,32)33)28(36)25-15-24(25)19-9-11-22(30)12-10-19/h3-6,9-14,16,20,24-25,27H,2,7-8,15,17H2,1H3/t24-,25+,27-/m0/s1. The minimum Gasteiger partial charge on any atom is -0.331 e. The van der Waals surface area contributed by atoms with Crippen molar-refractivity contribution in [3.05, 3.63) is 95.1 Å². The Bertz CT molecular complexity index is 1450. The number of hydrogen-bond donors (Lipinski definition) is 0. The van der Waals surface area contributed by atoms with Gasteiger partial charge in [0.15, 0.2) is 9.84 Å². The van der Waals surface area contributed by atoms with E-state index in [2.05, 4.69) is 4.98 Å². The molecule has 5 nitrogen and oxygen atoms in total. The Hall–Kier alpha value is -3.27. The number of carbonyl (C=O) groups is 1. The van der Waals surface area contributed by atoms with E-state index in [1.54, 1.807) is 42.2 Å². The molecule has 2 aromatic carbocycles. The minimum atomic E-state index is -4.58. The van der Waals surface area contributed by atoms with Gasteiger partial charge in [0.05, 0.1) is 16.7 Å². The highest BCUT2D eigenvalue weighted by Gasteiger charge is 2.49. The Labute approximate surface area is 224 Å². The molecular formula is C29H28F4N2O3S. The summed E-state index contributed by atoms with van der Waals surface area (Å²) in [6.45, 7) is 1.60. The normalized spacial score (nSPS) is 19.9. The van der Waals surface area contributed by atoms with E-state index < -0.39 is 27.7 Å². The minimum absolute atomic E-state index is 0.0303. The Morgan fingerprint density at radius 3 is 2.38 bits per heavy atom. The molecular weight excluding hydrogens is 532 g/mol. The highest BCUT2D eigenvalue weighted by Crippen LogP contribution is 2.52. The zero-order chi connectivity index (χ0) is 27.9.